The first kappa shape index (κ1) is 12.3. The standard InChI is InChI=1S/C15H16N2O/c1-11-5-7-13(8-6-11)15(17-12(2)18)14-4-3-9-16-10-14/h3-10,15H,1-2H3,(H,17,18). The number of aromatic nitrogens is 1. The van der Waals surface area contributed by atoms with Crippen LogP contribution in [0.4, 0.5) is 0 Å². The zero-order chi connectivity index (χ0) is 13.0. The molecule has 1 unspecified atom stereocenters. The van der Waals surface area contributed by atoms with Crippen LogP contribution in [-0.4, -0.2) is 10.9 Å². The van der Waals surface area contributed by atoms with Gasteiger partial charge in [-0.05, 0) is 24.1 Å². The van der Waals surface area contributed by atoms with Gasteiger partial charge in [0, 0.05) is 19.3 Å². The number of aryl methyl sites for hydroxylation is 1. The van der Waals surface area contributed by atoms with Crippen molar-refractivity contribution in [2.24, 2.45) is 0 Å². The third-order valence-electron chi connectivity index (χ3n) is 2.78. The fourth-order valence-electron chi connectivity index (χ4n) is 1.87. The second-order valence-electron chi connectivity index (χ2n) is 4.33. The first-order chi connectivity index (χ1) is 8.66. The molecule has 1 N–H and O–H groups in total. The van der Waals surface area contributed by atoms with Crippen molar-refractivity contribution < 1.29 is 4.79 Å². The summed E-state index contributed by atoms with van der Waals surface area (Å²) in [6.07, 6.45) is 3.50. The van der Waals surface area contributed by atoms with Crippen molar-refractivity contribution in [2.45, 2.75) is 19.9 Å². The van der Waals surface area contributed by atoms with Crippen LogP contribution >= 0.6 is 0 Å². The van der Waals surface area contributed by atoms with Crippen molar-refractivity contribution in [1.82, 2.24) is 10.3 Å². The highest BCUT2D eigenvalue weighted by Crippen LogP contribution is 2.21. The summed E-state index contributed by atoms with van der Waals surface area (Å²) >= 11 is 0. The van der Waals surface area contributed by atoms with Crippen molar-refractivity contribution in [3.05, 3.63) is 65.5 Å². The minimum absolute atomic E-state index is 0.0515. The number of nitrogens with one attached hydrogen (secondary N) is 1. The summed E-state index contributed by atoms with van der Waals surface area (Å²) in [4.78, 5) is 15.4. The van der Waals surface area contributed by atoms with Crippen molar-refractivity contribution >= 4 is 5.91 Å². The van der Waals surface area contributed by atoms with Crippen LogP contribution in [-0.2, 0) is 4.79 Å². The molecule has 2 aromatic rings. The number of carbonyl (C=O) groups is 1. The molecule has 0 saturated carbocycles. The van der Waals surface area contributed by atoms with E-state index < -0.39 is 0 Å². The van der Waals surface area contributed by atoms with Gasteiger partial charge >= 0.3 is 0 Å². The van der Waals surface area contributed by atoms with Gasteiger partial charge in [0.2, 0.25) is 5.91 Å². The normalized spacial score (nSPS) is 11.9. The van der Waals surface area contributed by atoms with Gasteiger partial charge in [0.1, 0.15) is 0 Å². The molecule has 1 amide bonds. The summed E-state index contributed by atoms with van der Waals surface area (Å²) in [5.74, 6) is -0.0515. The fourth-order valence-corrected chi connectivity index (χ4v) is 1.87. The van der Waals surface area contributed by atoms with Crippen LogP contribution in [0, 0.1) is 6.92 Å². The molecule has 0 aliphatic heterocycles. The molecule has 0 fully saturated rings. The lowest BCUT2D eigenvalue weighted by molar-refractivity contribution is -0.119. The Morgan fingerprint density at radius 3 is 2.44 bits per heavy atom. The van der Waals surface area contributed by atoms with Gasteiger partial charge in [-0.2, -0.15) is 0 Å². The van der Waals surface area contributed by atoms with Crippen molar-refractivity contribution in [3.63, 3.8) is 0 Å². The number of amides is 1. The lowest BCUT2D eigenvalue weighted by atomic mass is 9.99. The van der Waals surface area contributed by atoms with Crippen LogP contribution in [0.25, 0.3) is 0 Å². The molecule has 1 aromatic carbocycles. The van der Waals surface area contributed by atoms with Crippen LogP contribution in [0.15, 0.2) is 48.8 Å². The highest BCUT2D eigenvalue weighted by Gasteiger charge is 2.14. The maximum absolute atomic E-state index is 11.3. The minimum Gasteiger partial charge on any atom is -0.345 e. The molecule has 3 heteroatoms. The van der Waals surface area contributed by atoms with Gasteiger partial charge in [-0.3, -0.25) is 9.78 Å². The molecule has 1 aromatic heterocycles. The fraction of sp³-hybridized carbons (Fsp3) is 0.200. The summed E-state index contributed by atoms with van der Waals surface area (Å²) in [6, 6.07) is 11.8. The molecule has 0 bridgehead atoms. The molecule has 0 spiro atoms. The summed E-state index contributed by atoms with van der Waals surface area (Å²) in [6.45, 7) is 3.57. The summed E-state index contributed by atoms with van der Waals surface area (Å²) < 4.78 is 0. The number of hydrogen-bond donors (Lipinski definition) is 1. The SMILES string of the molecule is CC(=O)NC(c1ccc(C)cc1)c1cccnc1. The molecular formula is C15H16N2O. The van der Waals surface area contributed by atoms with E-state index in [1.54, 1.807) is 12.4 Å². The van der Waals surface area contributed by atoms with Crippen LogP contribution in [0.1, 0.15) is 29.7 Å². The van der Waals surface area contributed by atoms with Gasteiger partial charge in [0.05, 0.1) is 6.04 Å². The van der Waals surface area contributed by atoms with Crippen molar-refractivity contribution in [2.75, 3.05) is 0 Å². The molecule has 1 heterocycles. The van der Waals surface area contributed by atoms with E-state index in [4.69, 9.17) is 0 Å². The van der Waals surface area contributed by atoms with Gasteiger partial charge in [-0.15, -0.1) is 0 Å². The topological polar surface area (TPSA) is 42.0 Å². The molecular weight excluding hydrogens is 224 g/mol. The van der Waals surface area contributed by atoms with E-state index in [0.29, 0.717) is 0 Å². The maximum atomic E-state index is 11.3. The Balaban J connectivity index is 2.36. The second kappa shape index (κ2) is 5.45. The Hall–Kier alpha value is -2.16. The summed E-state index contributed by atoms with van der Waals surface area (Å²) in [5.41, 5.74) is 3.24. The molecule has 3 nitrogen and oxygen atoms in total. The average molecular weight is 240 g/mol. The quantitative estimate of drug-likeness (QED) is 0.896. The smallest absolute Gasteiger partial charge is 0.217 e. The highest BCUT2D eigenvalue weighted by molar-refractivity contribution is 5.74. The van der Waals surface area contributed by atoms with Crippen molar-refractivity contribution in [1.29, 1.82) is 0 Å². The molecule has 92 valence electrons. The molecule has 0 aliphatic carbocycles. The van der Waals surface area contributed by atoms with Crippen LogP contribution < -0.4 is 5.32 Å². The van der Waals surface area contributed by atoms with E-state index >= 15 is 0 Å². The largest absolute Gasteiger partial charge is 0.345 e. The zero-order valence-electron chi connectivity index (χ0n) is 10.6. The average Bonchev–Trinajstić information content (AvgIpc) is 2.38. The van der Waals surface area contributed by atoms with Gasteiger partial charge in [-0.1, -0.05) is 35.9 Å². The highest BCUT2D eigenvalue weighted by atomic mass is 16.1. The van der Waals surface area contributed by atoms with E-state index in [1.165, 1.54) is 12.5 Å². The number of hydrogen-bond acceptors (Lipinski definition) is 2. The maximum Gasteiger partial charge on any atom is 0.217 e. The third kappa shape index (κ3) is 2.94. The van der Waals surface area contributed by atoms with Crippen LogP contribution in [0.3, 0.4) is 0 Å². The van der Waals surface area contributed by atoms with E-state index in [1.807, 2.05) is 43.3 Å². The van der Waals surface area contributed by atoms with Crippen LogP contribution in [0.2, 0.25) is 0 Å². The molecule has 0 saturated heterocycles. The molecule has 18 heavy (non-hydrogen) atoms. The van der Waals surface area contributed by atoms with Gasteiger partial charge < -0.3 is 5.32 Å². The Morgan fingerprint density at radius 2 is 1.89 bits per heavy atom. The first-order valence-electron chi connectivity index (χ1n) is 5.90. The molecule has 0 radical (unpaired) electrons. The lowest BCUT2D eigenvalue weighted by Gasteiger charge is -2.18. The van der Waals surface area contributed by atoms with Gasteiger partial charge in [0.15, 0.2) is 0 Å². The molecule has 1 atom stereocenters. The number of pyridine rings is 1. The lowest BCUT2D eigenvalue weighted by Crippen LogP contribution is -2.26. The zero-order valence-corrected chi connectivity index (χ0v) is 10.6. The Bertz CT molecular complexity index is 520. The van der Waals surface area contributed by atoms with E-state index in [9.17, 15) is 4.79 Å². The summed E-state index contributed by atoms with van der Waals surface area (Å²) in [7, 11) is 0. The Kier molecular flexibility index (Phi) is 3.72. The molecule has 2 rings (SSSR count). The Labute approximate surface area is 107 Å². The second-order valence-corrected chi connectivity index (χ2v) is 4.33. The minimum atomic E-state index is -0.142. The first-order valence-corrected chi connectivity index (χ1v) is 5.90. The van der Waals surface area contributed by atoms with Crippen LogP contribution in [0.5, 0.6) is 0 Å². The van der Waals surface area contributed by atoms with Crippen molar-refractivity contribution in [3.8, 4) is 0 Å². The predicted molar refractivity (Wildman–Crippen MR) is 71.1 cm³/mol. The van der Waals surface area contributed by atoms with Gasteiger partial charge in [-0.25, -0.2) is 0 Å². The molecule has 0 aliphatic rings. The number of benzene rings is 1. The Morgan fingerprint density at radius 1 is 1.17 bits per heavy atom. The van der Waals surface area contributed by atoms with E-state index in [2.05, 4.69) is 10.3 Å². The number of rotatable bonds is 3. The van der Waals surface area contributed by atoms with E-state index in [0.717, 1.165) is 11.1 Å². The third-order valence-corrected chi connectivity index (χ3v) is 2.78. The van der Waals surface area contributed by atoms with Gasteiger partial charge in [0.25, 0.3) is 0 Å². The number of carbonyl (C=O) groups excluding carboxylic acids is 1. The summed E-state index contributed by atoms with van der Waals surface area (Å²) in [5, 5.41) is 2.95. The van der Waals surface area contributed by atoms with E-state index in [-0.39, 0.29) is 11.9 Å². The monoisotopic (exact) mass is 240 g/mol. The predicted octanol–water partition coefficient (Wildman–Crippen LogP) is 2.62. The number of nitrogens with zero attached hydrogens (tertiary/aromatic N) is 1.